The molecule has 1 amide bonds. The van der Waals surface area contributed by atoms with E-state index < -0.39 is 0 Å². The van der Waals surface area contributed by atoms with E-state index in [2.05, 4.69) is 10.3 Å². The van der Waals surface area contributed by atoms with Gasteiger partial charge in [-0.25, -0.2) is 4.98 Å². The first-order valence-electron chi connectivity index (χ1n) is 10.6. The zero-order valence-electron chi connectivity index (χ0n) is 18.4. The molecule has 3 aromatic carbocycles. The van der Waals surface area contributed by atoms with Crippen molar-refractivity contribution in [3.63, 3.8) is 0 Å². The Labute approximate surface area is 210 Å². The molecule has 0 atom stereocenters. The lowest BCUT2D eigenvalue weighted by Crippen LogP contribution is -2.07. The average molecular weight is 505 g/mol. The van der Waals surface area contributed by atoms with Crippen LogP contribution in [0, 0.1) is 0 Å². The van der Waals surface area contributed by atoms with Gasteiger partial charge in [0.2, 0.25) is 11.8 Å². The van der Waals surface area contributed by atoms with Crippen LogP contribution in [0.15, 0.2) is 87.7 Å². The van der Waals surface area contributed by atoms with Crippen molar-refractivity contribution < 1.29 is 18.4 Å². The minimum Gasteiger partial charge on any atom is -0.497 e. The monoisotopic (exact) mass is 504 g/mol. The lowest BCUT2D eigenvalue weighted by Gasteiger charge is -2.01. The summed E-state index contributed by atoms with van der Waals surface area (Å²) in [5, 5.41) is 3.85. The van der Waals surface area contributed by atoms with Gasteiger partial charge in [0.05, 0.1) is 7.11 Å². The Bertz CT molecular complexity index is 1550. The number of furan rings is 1. The van der Waals surface area contributed by atoms with Crippen LogP contribution in [-0.4, -0.2) is 18.0 Å². The smallest absolute Gasteiger partial charge is 0.248 e. The van der Waals surface area contributed by atoms with Gasteiger partial charge in [-0.2, -0.15) is 0 Å². The van der Waals surface area contributed by atoms with Crippen molar-refractivity contribution in [1.29, 1.82) is 0 Å². The molecule has 2 heterocycles. The van der Waals surface area contributed by atoms with Gasteiger partial charge in [0, 0.05) is 32.9 Å². The number of halogens is 2. The van der Waals surface area contributed by atoms with E-state index in [0.717, 1.165) is 11.1 Å². The maximum Gasteiger partial charge on any atom is 0.248 e. The van der Waals surface area contributed by atoms with Gasteiger partial charge in [-0.1, -0.05) is 29.3 Å². The highest BCUT2D eigenvalue weighted by Crippen LogP contribution is 2.30. The molecule has 0 saturated carbocycles. The number of hydrogen-bond acceptors (Lipinski definition) is 5. The SMILES string of the molecule is COc1cccc(-c2nc3cc(NC(=O)/C=C/c4ccc(-c5cc(Cl)cc(Cl)c5)o4)ccc3o2)c1. The van der Waals surface area contributed by atoms with Gasteiger partial charge in [0.15, 0.2) is 5.58 Å². The number of carbonyl (C=O) groups is 1. The van der Waals surface area contributed by atoms with Crippen LogP contribution in [0.4, 0.5) is 5.69 Å². The summed E-state index contributed by atoms with van der Waals surface area (Å²) < 4.78 is 16.9. The van der Waals surface area contributed by atoms with Crippen molar-refractivity contribution in [3.8, 4) is 28.5 Å². The maximum atomic E-state index is 12.5. The van der Waals surface area contributed by atoms with E-state index in [1.807, 2.05) is 24.3 Å². The second kappa shape index (κ2) is 9.70. The van der Waals surface area contributed by atoms with Crippen molar-refractivity contribution >= 4 is 52.0 Å². The summed E-state index contributed by atoms with van der Waals surface area (Å²) in [6.07, 6.45) is 2.97. The van der Waals surface area contributed by atoms with Gasteiger partial charge in [-0.05, 0) is 72.8 Å². The quantitative estimate of drug-likeness (QED) is 0.239. The first-order valence-corrected chi connectivity index (χ1v) is 11.3. The first kappa shape index (κ1) is 22.8. The van der Waals surface area contributed by atoms with Crippen LogP contribution in [0.5, 0.6) is 5.75 Å². The molecule has 6 nitrogen and oxygen atoms in total. The van der Waals surface area contributed by atoms with E-state index >= 15 is 0 Å². The van der Waals surface area contributed by atoms with Crippen molar-refractivity contribution in [1.82, 2.24) is 4.98 Å². The van der Waals surface area contributed by atoms with E-state index in [4.69, 9.17) is 36.8 Å². The molecular weight excluding hydrogens is 487 g/mol. The molecule has 0 fully saturated rings. The highest BCUT2D eigenvalue weighted by molar-refractivity contribution is 6.35. The zero-order valence-corrected chi connectivity index (χ0v) is 19.9. The molecule has 0 spiro atoms. The van der Waals surface area contributed by atoms with Crippen LogP contribution in [0.3, 0.4) is 0 Å². The van der Waals surface area contributed by atoms with Crippen LogP contribution in [0.2, 0.25) is 10.0 Å². The highest BCUT2D eigenvalue weighted by Gasteiger charge is 2.11. The summed E-state index contributed by atoms with van der Waals surface area (Å²) >= 11 is 12.1. The number of anilines is 1. The minimum atomic E-state index is -0.315. The van der Waals surface area contributed by atoms with Crippen molar-refractivity contribution in [3.05, 3.63) is 94.7 Å². The minimum absolute atomic E-state index is 0.315. The van der Waals surface area contributed by atoms with E-state index in [9.17, 15) is 4.79 Å². The predicted molar refractivity (Wildman–Crippen MR) is 138 cm³/mol. The van der Waals surface area contributed by atoms with E-state index in [0.29, 0.717) is 50.0 Å². The third-order valence-corrected chi connectivity index (χ3v) is 5.58. The Hall–Kier alpha value is -4.00. The second-order valence-electron chi connectivity index (χ2n) is 7.62. The molecule has 0 aliphatic heterocycles. The maximum absolute atomic E-state index is 12.5. The Kier molecular flexibility index (Phi) is 6.31. The lowest BCUT2D eigenvalue weighted by molar-refractivity contribution is -0.111. The Balaban J connectivity index is 1.28. The standard InChI is InChI=1S/C27H18Cl2N2O4/c1-33-22-4-2-3-16(13-22)27-31-23-15-20(5-8-25(23)35-27)30-26(32)10-7-21-6-9-24(34-21)17-11-18(28)14-19(29)12-17/h2-15H,1H3,(H,30,32)/b10-7+. The number of nitrogens with zero attached hydrogens (tertiary/aromatic N) is 1. The molecule has 0 aliphatic carbocycles. The average Bonchev–Trinajstić information content (AvgIpc) is 3.49. The van der Waals surface area contributed by atoms with Gasteiger partial charge in [0.25, 0.3) is 0 Å². The van der Waals surface area contributed by atoms with Gasteiger partial charge < -0.3 is 18.9 Å². The molecule has 35 heavy (non-hydrogen) atoms. The van der Waals surface area contributed by atoms with Crippen LogP contribution in [0.1, 0.15) is 5.76 Å². The van der Waals surface area contributed by atoms with E-state index in [1.54, 1.807) is 61.7 Å². The fraction of sp³-hybridized carbons (Fsp3) is 0.0370. The normalized spacial score (nSPS) is 11.3. The number of oxazole rings is 1. The van der Waals surface area contributed by atoms with Crippen molar-refractivity contribution in [2.45, 2.75) is 0 Å². The molecule has 0 aliphatic rings. The molecule has 2 aromatic heterocycles. The molecule has 5 rings (SSSR count). The molecule has 8 heteroatoms. The summed E-state index contributed by atoms with van der Waals surface area (Å²) in [5.74, 6) is 1.98. The number of rotatable bonds is 6. The largest absolute Gasteiger partial charge is 0.497 e. The van der Waals surface area contributed by atoms with Gasteiger partial charge >= 0.3 is 0 Å². The zero-order chi connectivity index (χ0) is 24.4. The second-order valence-corrected chi connectivity index (χ2v) is 8.49. The molecule has 0 saturated heterocycles. The number of nitrogens with one attached hydrogen (secondary N) is 1. The molecule has 0 bridgehead atoms. The molecule has 0 unspecified atom stereocenters. The Morgan fingerprint density at radius 3 is 2.57 bits per heavy atom. The van der Waals surface area contributed by atoms with Crippen LogP contribution < -0.4 is 10.1 Å². The number of aromatic nitrogens is 1. The number of methoxy groups -OCH3 is 1. The van der Waals surface area contributed by atoms with Gasteiger partial charge in [-0.15, -0.1) is 0 Å². The van der Waals surface area contributed by atoms with Crippen molar-refractivity contribution in [2.24, 2.45) is 0 Å². The number of ether oxygens (including phenoxy) is 1. The number of benzene rings is 3. The Morgan fingerprint density at radius 2 is 1.77 bits per heavy atom. The third-order valence-electron chi connectivity index (χ3n) is 5.14. The Morgan fingerprint density at radius 1 is 0.943 bits per heavy atom. The number of amides is 1. The highest BCUT2D eigenvalue weighted by atomic mass is 35.5. The summed E-state index contributed by atoms with van der Waals surface area (Å²) in [6.45, 7) is 0. The summed E-state index contributed by atoms with van der Waals surface area (Å²) in [6, 6.07) is 21.4. The van der Waals surface area contributed by atoms with Gasteiger partial charge in [-0.3, -0.25) is 4.79 Å². The third kappa shape index (κ3) is 5.24. The first-order chi connectivity index (χ1) is 17.0. The molecule has 0 radical (unpaired) electrons. The van der Waals surface area contributed by atoms with Gasteiger partial charge in [0.1, 0.15) is 22.8 Å². The topological polar surface area (TPSA) is 77.5 Å². The number of fused-ring (bicyclic) bond motifs is 1. The van der Waals surface area contributed by atoms with E-state index in [-0.39, 0.29) is 5.91 Å². The summed E-state index contributed by atoms with van der Waals surface area (Å²) in [5.41, 5.74) is 3.38. The predicted octanol–water partition coefficient (Wildman–Crippen LogP) is 7.72. The summed E-state index contributed by atoms with van der Waals surface area (Å²) in [7, 11) is 1.61. The molecule has 5 aromatic rings. The fourth-order valence-corrected chi connectivity index (χ4v) is 4.05. The van der Waals surface area contributed by atoms with E-state index in [1.165, 1.54) is 6.08 Å². The van der Waals surface area contributed by atoms with Crippen LogP contribution in [0.25, 0.3) is 40.0 Å². The number of carbonyl (C=O) groups excluding carboxylic acids is 1. The number of hydrogen-bond donors (Lipinski definition) is 1. The summed E-state index contributed by atoms with van der Waals surface area (Å²) in [4.78, 5) is 17.0. The van der Waals surface area contributed by atoms with Crippen molar-refractivity contribution in [2.75, 3.05) is 12.4 Å². The lowest BCUT2D eigenvalue weighted by atomic mass is 10.2. The molecular formula is C27H18Cl2N2O4. The molecule has 1 N–H and O–H groups in total. The van der Waals surface area contributed by atoms with Crippen LogP contribution >= 0.6 is 23.2 Å². The van der Waals surface area contributed by atoms with Crippen LogP contribution in [-0.2, 0) is 4.79 Å². The molecule has 174 valence electrons. The fourth-order valence-electron chi connectivity index (χ4n) is 3.52.